The average molecular weight is 315 g/mol. The molecular weight excluding hydrogens is 282 g/mol. The molecule has 4 atom stereocenters. The molecule has 1 saturated heterocycles. The summed E-state index contributed by atoms with van der Waals surface area (Å²) in [4.78, 5) is 14.5. The number of carbonyl (C=O) groups excluding carboxylic acids is 1. The largest absolute Gasteiger partial charge is 0.394 e. The first-order valence-corrected chi connectivity index (χ1v) is 8.55. The highest BCUT2D eigenvalue weighted by atomic mass is 16.3. The van der Waals surface area contributed by atoms with Crippen molar-refractivity contribution in [2.75, 3.05) is 13.2 Å². The summed E-state index contributed by atoms with van der Waals surface area (Å²) >= 11 is 0. The van der Waals surface area contributed by atoms with Crippen LogP contribution in [0.3, 0.4) is 0 Å². The minimum Gasteiger partial charge on any atom is -0.394 e. The molecule has 1 aliphatic rings. The zero-order valence-corrected chi connectivity index (χ0v) is 14.4. The van der Waals surface area contributed by atoms with Gasteiger partial charge >= 0.3 is 0 Å². The van der Waals surface area contributed by atoms with Crippen molar-refractivity contribution in [2.45, 2.75) is 71.6 Å². The Hall–Kier alpha value is -0.650. The molecule has 0 spiro atoms. The van der Waals surface area contributed by atoms with E-state index in [1.807, 2.05) is 27.7 Å². The van der Waals surface area contributed by atoms with Crippen molar-refractivity contribution >= 4 is 5.91 Å². The van der Waals surface area contributed by atoms with Crippen LogP contribution in [-0.2, 0) is 4.79 Å². The molecule has 0 aliphatic carbocycles. The van der Waals surface area contributed by atoms with Gasteiger partial charge in [-0.2, -0.15) is 0 Å². The molecule has 1 unspecified atom stereocenters. The average Bonchev–Trinajstić information content (AvgIpc) is 2.90. The van der Waals surface area contributed by atoms with Crippen LogP contribution in [0.5, 0.6) is 0 Å². The van der Waals surface area contributed by atoms with E-state index in [-0.39, 0.29) is 36.8 Å². The van der Waals surface area contributed by atoms with E-state index in [0.717, 1.165) is 12.8 Å². The summed E-state index contributed by atoms with van der Waals surface area (Å²) in [6.07, 6.45) is 0.892. The minimum atomic E-state index is -0.881. The van der Waals surface area contributed by atoms with Crippen LogP contribution in [-0.4, -0.2) is 57.5 Å². The van der Waals surface area contributed by atoms with E-state index in [1.54, 1.807) is 4.90 Å². The number of nitrogens with zero attached hydrogens (tertiary/aromatic N) is 1. The van der Waals surface area contributed by atoms with Crippen LogP contribution in [0.4, 0.5) is 0 Å². The Morgan fingerprint density at radius 3 is 2.23 bits per heavy atom. The van der Waals surface area contributed by atoms with E-state index in [0.29, 0.717) is 18.9 Å². The molecular formula is C17H33NO4. The van der Waals surface area contributed by atoms with E-state index in [1.165, 1.54) is 0 Å². The summed E-state index contributed by atoms with van der Waals surface area (Å²) in [5.74, 6) is 0.0786. The molecule has 0 radical (unpaired) electrons. The van der Waals surface area contributed by atoms with Gasteiger partial charge in [0.15, 0.2) is 0 Å². The maximum Gasteiger partial charge on any atom is 0.226 e. The topological polar surface area (TPSA) is 81.0 Å². The third-order valence-corrected chi connectivity index (χ3v) is 4.65. The maximum absolute atomic E-state index is 12.8. The molecule has 1 aliphatic heterocycles. The van der Waals surface area contributed by atoms with Crippen LogP contribution in [0, 0.1) is 17.8 Å². The molecule has 0 aromatic rings. The summed E-state index contributed by atoms with van der Waals surface area (Å²) in [6.45, 7) is 8.60. The Morgan fingerprint density at radius 1 is 1.14 bits per heavy atom. The summed E-state index contributed by atoms with van der Waals surface area (Å²) in [7, 11) is 0. The normalized spacial score (nSPS) is 23.1. The smallest absolute Gasteiger partial charge is 0.226 e. The predicted octanol–water partition coefficient (Wildman–Crippen LogP) is 1.40. The second-order valence-electron chi connectivity index (χ2n) is 7.36. The van der Waals surface area contributed by atoms with Crippen molar-refractivity contribution in [3.8, 4) is 0 Å². The Morgan fingerprint density at radius 2 is 1.73 bits per heavy atom. The third kappa shape index (κ3) is 5.21. The quantitative estimate of drug-likeness (QED) is 0.632. The molecule has 130 valence electrons. The Balaban J connectivity index is 2.70. The van der Waals surface area contributed by atoms with Gasteiger partial charge in [0.1, 0.15) is 0 Å². The van der Waals surface area contributed by atoms with Gasteiger partial charge in [-0.15, -0.1) is 0 Å². The summed E-state index contributed by atoms with van der Waals surface area (Å²) < 4.78 is 0. The highest BCUT2D eigenvalue weighted by Gasteiger charge is 2.36. The summed E-state index contributed by atoms with van der Waals surface area (Å²) in [5, 5.41) is 29.7. The molecule has 22 heavy (non-hydrogen) atoms. The summed E-state index contributed by atoms with van der Waals surface area (Å²) in [6, 6.07) is -0.0912. The number of rotatable bonds is 8. The first-order chi connectivity index (χ1) is 10.3. The second-order valence-corrected chi connectivity index (χ2v) is 7.36. The SMILES string of the molecule is CC(C)C[C@H](O)[C@@H](O)C[C@H](C(=O)N1CCCC1CO)C(C)C. The van der Waals surface area contributed by atoms with Gasteiger partial charge < -0.3 is 20.2 Å². The Kier molecular flexibility index (Phi) is 7.80. The Bertz CT molecular complexity index is 346. The van der Waals surface area contributed by atoms with E-state index < -0.39 is 12.2 Å². The highest BCUT2D eigenvalue weighted by molar-refractivity contribution is 5.79. The number of hydrogen-bond acceptors (Lipinski definition) is 4. The van der Waals surface area contributed by atoms with Gasteiger partial charge in [-0.3, -0.25) is 4.79 Å². The molecule has 0 bridgehead atoms. The van der Waals surface area contributed by atoms with Crippen molar-refractivity contribution in [1.29, 1.82) is 0 Å². The van der Waals surface area contributed by atoms with Crippen molar-refractivity contribution in [2.24, 2.45) is 17.8 Å². The van der Waals surface area contributed by atoms with Crippen LogP contribution < -0.4 is 0 Å². The van der Waals surface area contributed by atoms with Crippen molar-refractivity contribution < 1.29 is 20.1 Å². The summed E-state index contributed by atoms with van der Waals surface area (Å²) in [5.41, 5.74) is 0. The molecule has 1 rings (SSSR count). The lowest BCUT2D eigenvalue weighted by molar-refractivity contribution is -0.140. The molecule has 3 N–H and O–H groups in total. The molecule has 1 heterocycles. The number of aliphatic hydroxyl groups is 3. The predicted molar refractivity (Wildman–Crippen MR) is 86.2 cm³/mol. The molecule has 0 aromatic carbocycles. The van der Waals surface area contributed by atoms with Crippen molar-refractivity contribution in [3.63, 3.8) is 0 Å². The first-order valence-electron chi connectivity index (χ1n) is 8.55. The van der Waals surface area contributed by atoms with Crippen LogP contribution >= 0.6 is 0 Å². The van der Waals surface area contributed by atoms with Crippen LogP contribution in [0.15, 0.2) is 0 Å². The molecule has 0 aromatic heterocycles. The highest BCUT2D eigenvalue weighted by Crippen LogP contribution is 2.27. The number of aliphatic hydroxyl groups excluding tert-OH is 3. The maximum atomic E-state index is 12.8. The van der Waals surface area contributed by atoms with Gasteiger partial charge in [0, 0.05) is 12.5 Å². The number of hydrogen-bond donors (Lipinski definition) is 3. The minimum absolute atomic E-state index is 0.00217. The molecule has 1 amide bonds. The Labute approximate surface area is 134 Å². The molecule has 1 fully saturated rings. The first kappa shape index (κ1) is 19.4. The van der Waals surface area contributed by atoms with Crippen LogP contribution in [0.2, 0.25) is 0 Å². The number of carbonyl (C=O) groups is 1. The fraction of sp³-hybridized carbons (Fsp3) is 0.941. The fourth-order valence-corrected chi connectivity index (χ4v) is 3.24. The van der Waals surface area contributed by atoms with Gasteiger partial charge in [-0.1, -0.05) is 27.7 Å². The van der Waals surface area contributed by atoms with E-state index >= 15 is 0 Å². The second kappa shape index (κ2) is 8.85. The zero-order chi connectivity index (χ0) is 16.9. The van der Waals surface area contributed by atoms with E-state index in [9.17, 15) is 20.1 Å². The molecule has 0 saturated carbocycles. The lowest BCUT2D eigenvalue weighted by Gasteiger charge is -2.32. The zero-order valence-electron chi connectivity index (χ0n) is 14.4. The molecule has 5 nitrogen and oxygen atoms in total. The van der Waals surface area contributed by atoms with Gasteiger partial charge in [0.05, 0.1) is 24.9 Å². The van der Waals surface area contributed by atoms with Gasteiger partial charge in [0.2, 0.25) is 5.91 Å². The van der Waals surface area contributed by atoms with Gasteiger partial charge in [-0.05, 0) is 37.5 Å². The lowest BCUT2D eigenvalue weighted by atomic mass is 9.86. The van der Waals surface area contributed by atoms with Gasteiger partial charge in [-0.25, -0.2) is 0 Å². The fourth-order valence-electron chi connectivity index (χ4n) is 3.24. The van der Waals surface area contributed by atoms with E-state index in [2.05, 4.69) is 0 Å². The van der Waals surface area contributed by atoms with Crippen LogP contribution in [0.25, 0.3) is 0 Å². The lowest BCUT2D eigenvalue weighted by Crippen LogP contribution is -2.44. The van der Waals surface area contributed by atoms with Crippen LogP contribution in [0.1, 0.15) is 53.4 Å². The van der Waals surface area contributed by atoms with Gasteiger partial charge in [0.25, 0.3) is 0 Å². The number of likely N-dealkylation sites (tertiary alicyclic amines) is 1. The monoisotopic (exact) mass is 315 g/mol. The molecule has 5 heteroatoms. The van der Waals surface area contributed by atoms with E-state index in [4.69, 9.17) is 0 Å². The number of amides is 1. The van der Waals surface area contributed by atoms with Crippen molar-refractivity contribution in [3.05, 3.63) is 0 Å². The van der Waals surface area contributed by atoms with Crippen molar-refractivity contribution in [1.82, 2.24) is 4.90 Å². The standard InChI is InChI=1S/C17H33NO4/c1-11(2)8-15(20)16(21)9-14(12(3)4)17(22)18-7-5-6-13(18)10-19/h11-16,19-21H,5-10H2,1-4H3/t13?,14-,15-,16-/m0/s1. The third-order valence-electron chi connectivity index (χ3n) is 4.65.